The molecule has 6 heteroatoms. The summed E-state index contributed by atoms with van der Waals surface area (Å²) in [6.07, 6.45) is 6.88. The van der Waals surface area contributed by atoms with Crippen LogP contribution < -0.4 is 0 Å². The molecule has 0 spiro atoms. The predicted octanol–water partition coefficient (Wildman–Crippen LogP) is 3.73. The van der Waals surface area contributed by atoms with Crippen molar-refractivity contribution in [2.45, 2.75) is 48.3 Å². The van der Waals surface area contributed by atoms with E-state index in [4.69, 9.17) is 4.74 Å². The number of aliphatic carboxylic acids is 1. The minimum atomic E-state index is -0.799. The third-order valence-corrected chi connectivity index (χ3v) is 6.31. The number of thioether (sulfide) groups is 1. The van der Waals surface area contributed by atoms with Crippen LogP contribution in [0.25, 0.3) is 10.9 Å². The van der Waals surface area contributed by atoms with E-state index in [1.54, 1.807) is 4.68 Å². The van der Waals surface area contributed by atoms with Gasteiger partial charge in [-0.05, 0) is 50.2 Å². The van der Waals surface area contributed by atoms with Crippen molar-refractivity contribution in [1.29, 1.82) is 0 Å². The SMILES string of the molecule is O=C(O)C(CC1CCOCC1)n1ncc2c(SC3CC3)cccc21. The van der Waals surface area contributed by atoms with Crippen LogP contribution in [0.15, 0.2) is 29.3 Å². The summed E-state index contributed by atoms with van der Waals surface area (Å²) in [5.41, 5.74) is 0.931. The summed E-state index contributed by atoms with van der Waals surface area (Å²) >= 11 is 1.89. The number of carboxylic acid groups (broad SMARTS) is 1. The Bertz CT molecular complexity index is 735. The van der Waals surface area contributed by atoms with Gasteiger partial charge >= 0.3 is 5.97 Å². The number of carbonyl (C=O) groups is 1. The lowest BCUT2D eigenvalue weighted by Gasteiger charge is -2.25. The van der Waals surface area contributed by atoms with E-state index < -0.39 is 12.0 Å². The van der Waals surface area contributed by atoms with Gasteiger partial charge in [0.2, 0.25) is 0 Å². The lowest BCUT2D eigenvalue weighted by atomic mass is 9.92. The van der Waals surface area contributed by atoms with Crippen LogP contribution >= 0.6 is 11.8 Å². The van der Waals surface area contributed by atoms with Crippen LogP contribution in [0.1, 0.15) is 38.1 Å². The molecule has 1 N–H and O–H groups in total. The van der Waals surface area contributed by atoms with Crippen LogP contribution in [0.4, 0.5) is 0 Å². The van der Waals surface area contributed by atoms with Gasteiger partial charge in [0.25, 0.3) is 0 Å². The Hall–Kier alpha value is -1.53. The lowest BCUT2D eigenvalue weighted by Crippen LogP contribution is -2.26. The average Bonchev–Trinajstić information content (AvgIpc) is 3.30. The van der Waals surface area contributed by atoms with Crippen molar-refractivity contribution in [3.05, 3.63) is 24.4 Å². The Kier molecular flexibility index (Phi) is 4.50. The smallest absolute Gasteiger partial charge is 0.328 e. The molecule has 1 atom stereocenters. The number of aromatic nitrogens is 2. The molecule has 0 radical (unpaired) electrons. The van der Waals surface area contributed by atoms with Gasteiger partial charge < -0.3 is 9.84 Å². The number of hydrogen-bond acceptors (Lipinski definition) is 4. The minimum Gasteiger partial charge on any atom is -0.480 e. The molecule has 0 amide bonds. The first-order valence-corrected chi connectivity index (χ1v) is 9.54. The highest BCUT2D eigenvalue weighted by atomic mass is 32.2. The van der Waals surface area contributed by atoms with E-state index >= 15 is 0 Å². The molecular formula is C18H22N2O3S. The zero-order chi connectivity index (χ0) is 16.5. The molecule has 2 heterocycles. The van der Waals surface area contributed by atoms with E-state index in [0.717, 1.165) is 42.2 Å². The third-order valence-electron chi connectivity index (χ3n) is 4.90. The fourth-order valence-corrected chi connectivity index (χ4v) is 4.54. The number of ether oxygens (including phenoxy) is 1. The van der Waals surface area contributed by atoms with Crippen LogP contribution in [0.5, 0.6) is 0 Å². The van der Waals surface area contributed by atoms with Gasteiger partial charge in [-0.3, -0.25) is 4.68 Å². The van der Waals surface area contributed by atoms with Gasteiger partial charge in [-0.15, -0.1) is 11.8 Å². The first kappa shape index (κ1) is 16.0. The maximum absolute atomic E-state index is 11.9. The monoisotopic (exact) mass is 346 g/mol. The standard InChI is InChI=1S/C18H22N2O3S/c21-18(22)16(10-12-6-8-23-9-7-12)20-15-2-1-3-17(14(15)11-19-20)24-13-4-5-13/h1-3,11-13,16H,4-10H2,(H,21,22). The quantitative estimate of drug-likeness (QED) is 0.863. The number of hydrogen-bond donors (Lipinski definition) is 1. The normalized spacial score (nSPS) is 20.3. The van der Waals surface area contributed by atoms with Crippen LogP contribution in [0.2, 0.25) is 0 Å². The zero-order valence-electron chi connectivity index (χ0n) is 13.6. The molecule has 1 unspecified atom stereocenters. The van der Waals surface area contributed by atoms with Crippen molar-refractivity contribution in [3.63, 3.8) is 0 Å². The topological polar surface area (TPSA) is 64.3 Å². The lowest BCUT2D eigenvalue weighted by molar-refractivity contribution is -0.142. The van der Waals surface area contributed by atoms with Crippen LogP contribution in [0.3, 0.4) is 0 Å². The number of benzene rings is 1. The molecule has 128 valence electrons. The van der Waals surface area contributed by atoms with Crippen LogP contribution in [-0.2, 0) is 9.53 Å². The number of nitrogens with zero attached hydrogens (tertiary/aromatic N) is 2. The van der Waals surface area contributed by atoms with E-state index in [9.17, 15) is 9.90 Å². The Morgan fingerprint density at radius 2 is 2.12 bits per heavy atom. The Morgan fingerprint density at radius 1 is 1.33 bits per heavy atom. The number of carboxylic acids is 1. The van der Waals surface area contributed by atoms with Crippen molar-refractivity contribution >= 4 is 28.6 Å². The van der Waals surface area contributed by atoms with Crippen molar-refractivity contribution in [1.82, 2.24) is 9.78 Å². The molecule has 1 aliphatic heterocycles. The maximum Gasteiger partial charge on any atom is 0.328 e. The van der Waals surface area contributed by atoms with E-state index in [-0.39, 0.29) is 0 Å². The average molecular weight is 346 g/mol. The Balaban J connectivity index is 1.63. The minimum absolute atomic E-state index is 0.392. The summed E-state index contributed by atoms with van der Waals surface area (Å²) in [6.45, 7) is 1.47. The second-order valence-electron chi connectivity index (χ2n) is 6.74. The molecule has 1 aromatic carbocycles. The largest absolute Gasteiger partial charge is 0.480 e. The fourth-order valence-electron chi connectivity index (χ4n) is 3.36. The van der Waals surface area contributed by atoms with Gasteiger partial charge in [0.1, 0.15) is 6.04 Å². The van der Waals surface area contributed by atoms with E-state index in [0.29, 0.717) is 12.3 Å². The second kappa shape index (κ2) is 6.76. The highest BCUT2D eigenvalue weighted by Gasteiger charge is 2.28. The van der Waals surface area contributed by atoms with Gasteiger partial charge in [0.15, 0.2) is 0 Å². The summed E-state index contributed by atoms with van der Waals surface area (Å²) < 4.78 is 7.10. The molecule has 24 heavy (non-hydrogen) atoms. The first-order chi connectivity index (χ1) is 11.7. The van der Waals surface area contributed by atoms with Crippen LogP contribution in [0, 0.1) is 5.92 Å². The maximum atomic E-state index is 11.9. The molecule has 1 aliphatic carbocycles. The van der Waals surface area contributed by atoms with E-state index in [2.05, 4.69) is 11.2 Å². The van der Waals surface area contributed by atoms with Crippen molar-refractivity contribution < 1.29 is 14.6 Å². The zero-order valence-corrected chi connectivity index (χ0v) is 14.4. The van der Waals surface area contributed by atoms with E-state index in [1.165, 1.54) is 17.7 Å². The molecule has 0 bridgehead atoms. The molecule has 1 saturated heterocycles. The Labute approximate surface area is 145 Å². The Morgan fingerprint density at radius 3 is 2.83 bits per heavy atom. The highest BCUT2D eigenvalue weighted by molar-refractivity contribution is 8.00. The summed E-state index contributed by atoms with van der Waals surface area (Å²) in [5, 5.41) is 16.0. The summed E-state index contributed by atoms with van der Waals surface area (Å²) in [7, 11) is 0. The molecule has 5 nitrogen and oxygen atoms in total. The fraction of sp³-hybridized carbons (Fsp3) is 0.556. The van der Waals surface area contributed by atoms with Gasteiger partial charge in [-0.1, -0.05) is 6.07 Å². The molecule has 2 aromatic rings. The number of fused-ring (bicyclic) bond motifs is 1. The van der Waals surface area contributed by atoms with E-state index in [1.807, 2.05) is 30.1 Å². The molecule has 1 aromatic heterocycles. The van der Waals surface area contributed by atoms with Crippen LogP contribution in [-0.4, -0.2) is 39.3 Å². The van der Waals surface area contributed by atoms with Crippen molar-refractivity contribution in [2.24, 2.45) is 5.92 Å². The van der Waals surface area contributed by atoms with Crippen molar-refractivity contribution in [2.75, 3.05) is 13.2 Å². The summed E-state index contributed by atoms with van der Waals surface area (Å²) in [4.78, 5) is 13.1. The van der Waals surface area contributed by atoms with Gasteiger partial charge in [-0.25, -0.2) is 4.79 Å². The van der Waals surface area contributed by atoms with Gasteiger partial charge in [-0.2, -0.15) is 5.10 Å². The highest BCUT2D eigenvalue weighted by Crippen LogP contribution is 2.42. The molecule has 2 aliphatic rings. The molecule has 2 fully saturated rings. The molecule has 4 rings (SSSR count). The summed E-state index contributed by atoms with van der Waals surface area (Å²) in [5.74, 6) is -0.408. The number of rotatable bonds is 6. The molecular weight excluding hydrogens is 324 g/mol. The van der Waals surface area contributed by atoms with Gasteiger partial charge in [0, 0.05) is 28.7 Å². The predicted molar refractivity (Wildman–Crippen MR) is 93.4 cm³/mol. The molecule has 1 saturated carbocycles. The van der Waals surface area contributed by atoms with Crippen molar-refractivity contribution in [3.8, 4) is 0 Å². The second-order valence-corrected chi connectivity index (χ2v) is 8.08. The van der Waals surface area contributed by atoms with Gasteiger partial charge in [0.05, 0.1) is 11.7 Å². The summed E-state index contributed by atoms with van der Waals surface area (Å²) in [6, 6.07) is 5.51. The third kappa shape index (κ3) is 3.30. The first-order valence-electron chi connectivity index (χ1n) is 8.66.